The fourth-order valence-electron chi connectivity index (χ4n) is 2.05. The van der Waals surface area contributed by atoms with Gasteiger partial charge >= 0.3 is 0 Å². The Balaban J connectivity index is 2.45. The molecule has 0 aliphatic carbocycles. The number of rotatable bonds is 2. The van der Waals surface area contributed by atoms with E-state index in [-0.39, 0.29) is 5.41 Å². The highest BCUT2D eigenvalue weighted by Crippen LogP contribution is 2.37. The topological polar surface area (TPSA) is 35.2 Å². The van der Waals surface area contributed by atoms with Crippen molar-refractivity contribution in [3.05, 3.63) is 52.0 Å². The quantitative estimate of drug-likeness (QED) is 0.743. The maximum atomic E-state index is 6.10. The van der Waals surface area contributed by atoms with Crippen molar-refractivity contribution >= 4 is 21.6 Å². The number of hydrogen-bond donors (Lipinski definition) is 1. The third-order valence-electron chi connectivity index (χ3n) is 3.12. The molecule has 0 aliphatic rings. The molecule has 0 aliphatic heterocycles. The first-order chi connectivity index (χ1) is 9.27. The van der Waals surface area contributed by atoms with Gasteiger partial charge < -0.3 is 10.5 Å². The lowest BCUT2D eigenvalue weighted by atomic mass is 9.86. The summed E-state index contributed by atoms with van der Waals surface area (Å²) in [6.45, 7) is 8.62. The van der Waals surface area contributed by atoms with Crippen LogP contribution in [0.4, 0.5) is 5.69 Å². The molecule has 0 bridgehead atoms. The minimum Gasteiger partial charge on any atom is -0.456 e. The second-order valence-electron chi connectivity index (χ2n) is 6.04. The van der Waals surface area contributed by atoms with E-state index >= 15 is 0 Å². The van der Waals surface area contributed by atoms with Crippen LogP contribution in [0.1, 0.15) is 31.9 Å². The van der Waals surface area contributed by atoms with E-state index in [1.807, 2.05) is 18.2 Å². The Bertz CT molecular complexity index is 629. The van der Waals surface area contributed by atoms with Crippen LogP contribution < -0.4 is 10.5 Å². The Hall–Kier alpha value is -1.48. The van der Waals surface area contributed by atoms with Crippen molar-refractivity contribution < 1.29 is 4.74 Å². The standard InChI is InChI=1S/C17H20BrNO/c1-11-5-7-13(17(2,3)4)16(9-11)20-15-8-6-12(19)10-14(15)18/h5-10H,19H2,1-4H3. The van der Waals surface area contributed by atoms with Crippen molar-refractivity contribution in [3.8, 4) is 11.5 Å². The highest BCUT2D eigenvalue weighted by Gasteiger charge is 2.19. The second-order valence-corrected chi connectivity index (χ2v) is 6.90. The predicted molar refractivity (Wildman–Crippen MR) is 88.5 cm³/mol. The Morgan fingerprint density at radius 3 is 2.30 bits per heavy atom. The molecule has 0 saturated carbocycles. The van der Waals surface area contributed by atoms with Gasteiger partial charge in [0.25, 0.3) is 0 Å². The first-order valence-electron chi connectivity index (χ1n) is 6.61. The molecule has 0 saturated heterocycles. The summed E-state index contributed by atoms with van der Waals surface area (Å²) in [4.78, 5) is 0. The highest BCUT2D eigenvalue weighted by molar-refractivity contribution is 9.10. The SMILES string of the molecule is Cc1ccc(C(C)(C)C)c(Oc2ccc(N)cc2Br)c1. The Morgan fingerprint density at radius 1 is 1.00 bits per heavy atom. The molecule has 0 fully saturated rings. The molecule has 2 nitrogen and oxygen atoms in total. The van der Waals surface area contributed by atoms with Gasteiger partial charge in [0, 0.05) is 11.3 Å². The van der Waals surface area contributed by atoms with Gasteiger partial charge in [0.1, 0.15) is 11.5 Å². The maximum Gasteiger partial charge on any atom is 0.141 e. The summed E-state index contributed by atoms with van der Waals surface area (Å²) in [7, 11) is 0. The van der Waals surface area contributed by atoms with E-state index in [2.05, 4.69) is 61.8 Å². The molecular weight excluding hydrogens is 314 g/mol. The van der Waals surface area contributed by atoms with Crippen LogP contribution >= 0.6 is 15.9 Å². The summed E-state index contributed by atoms with van der Waals surface area (Å²) in [6, 6.07) is 11.9. The molecule has 3 heteroatoms. The van der Waals surface area contributed by atoms with Crippen LogP contribution in [-0.4, -0.2) is 0 Å². The molecule has 0 radical (unpaired) electrons. The number of nitrogen functional groups attached to an aromatic ring is 1. The first kappa shape index (κ1) is 14.9. The lowest BCUT2D eigenvalue weighted by Crippen LogP contribution is -2.12. The van der Waals surface area contributed by atoms with Crippen LogP contribution in [0.2, 0.25) is 0 Å². The van der Waals surface area contributed by atoms with Crippen LogP contribution in [0.5, 0.6) is 11.5 Å². The van der Waals surface area contributed by atoms with Crippen molar-refractivity contribution in [2.24, 2.45) is 0 Å². The fraction of sp³-hybridized carbons (Fsp3) is 0.294. The smallest absolute Gasteiger partial charge is 0.141 e. The molecule has 0 atom stereocenters. The van der Waals surface area contributed by atoms with E-state index in [1.165, 1.54) is 11.1 Å². The third kappa shape index (κ3) is 3.34. The number of benzene rings is 2. The van der Waals surface area contributed by atoms with Gasteiger partial charge in [-0.3, -0.25) is 0 Å². The molecule has 0 amide bonds. The molecule has 2 rings (SSSR count). The van der Waals surface area contributed by atoms with Gasteiger partial charge in [-0.05, 0) is 58.1 Å². The molecule has 2 aromatic rings. The predicted octanol–water partition coefficient (Wildman–Crippen LogP) is 5.43. The average Bonchev–Trinajstić information content (AvgIpc) is 2.31. The van der Waals surface area contributed by atoms with Crippen LogP contribution in [0.15, 0.2) is 40.9 Å². The van der Waals surface area contributed by atoms with Crippen molar-refractivity contribution in [2.45, 2.75) is 33.1 Å². The van der Waals surface area contributed by atoms with Gasteiger partial charge in [-0.15, -0.1) is 0 Å². The monoisotopic (exact) mass is 333 g/mol. The lowest BCUT2D eigenvalue weighted by Gasteiger charge is -2.23. The highest BCUT2D eigenvalue weighted by atomic mass is 79.9. The zero-order valence-corrected chi connectivity index (χ0v) is 13.9. The minimum atomic E-state index is 0.0311. The fourth-order valence-corrected chi connectivity index (χ4v) is 2.53. The summed E-state index contributed by atoms with van der Waals surface area (Å²) >= 11 is 3.49. The van der Waals surface area contributed by atoms with E-state index < -0.39 is 0 Å². The maximum absolute atomic E-state index is 6.10. The van der Waals surface area contributed by atoms with E-state index in [0.29, 0.717) is 5.69 Å². The van der Waals surface area contributed by atoms with Crippen molar-refractivity contribution in [1.82, 2.24) is 0 Å². The molecule has 0 spiro atoms. The molecule has 106 valence electrons. The summed E-state index contributed by atoms with van der Waals surface area (Å²) in [6.07, 6.45) is 0. The van der Waals surface area contributed by atoms with Crippen LogP contribution in [0, 0.1) is 6.92 Å². The van der Waals surface area contributed by atoms with Crippen molar-refractivity contribution in [1.29, 1.82) is 0 Å². The molecule has 0 aromatic heterocycles. The molecule has 2 aromatic carbocycles. The molecule has 20 heavy (non-hydrogen) atoms. The molecule has 0 unspecified atom stereocenters. The Kier molecular flexibility index (Phi) is 4.09. The number of aryl methyl sites for hydroxylation is 1. The molecule has 0 heterocycles. The normalized spacial score (nSPS) is 11.4. The Labute approximate surface area is 129 Å². The lowest BCUT2D eigenvalue weighted by molar-refractivity contribution is 0.452. The van der Waals surface area contributed by atoms with Crippen LogP contribution in [-0.2, 0) is 5.41 Å². The van der Waals surface area contributed by atoms with Gasteiger partial charge in [0.15, 0.2) is 0 Å². The summed E-state index contributed by atoms with van der Waals surface area (Å²) in [5, 5.41) is 0. The van der Waals surface area contributed by atoms with Gasteiger partial charge in [-0.2, -0.15) is 0 Å². The van der Waals surface area contributed by atoms with Crippen molar-refractivity contribution in [2.75, 3.05) is 5.73 Å². The van der Waals surface area contributed by atoms with E-state index in [4.69, 9.17) is 10.5 Å². The third-order valence-corrected chi connectivity index (χ3v) is 3.74. The van der Waals surface area contributed by atoms with E-state index in [0.717, 1.165) is 16.0 Å². The Morgan fingerprint density at radius 2 is 1.70 bits per heavy atom. The summed E-state index contributed by atoms with van der Waals surface area (Å²) in [5.74, 6) is 1.67. The number of halogens is 1. The summed E-state index contributed by atoms with van der Waals surface area (Å²) < 4.78 is 6.96. The van der Waals surface area contributed by atoms with Gasteiger partial charge in [-0.1, -0.05) is 32.9 Å². The largest absolute Gasteiger partial charge is 0.456 e. The average molecular weight is 334 g/mol. The molecule has 2 N–H and O–H groups in total. The van der Waals surface area contributed by atoms with Crippen LogP contribution in [0.25, 0.3) is 0 Å². The number of hydrogen-bond acceptors (Lipinski definition) is 2. The van der Waals surface area contributed by atoms with Gasteiger partial charge in [0.05, 0.1) is 4.47 Å². The van der Waals surface area contributed by atoms with E-state index in [9.17, 15) is 0 Å². The number of nitrogens with two attached hydrogens (primary N) is 1. The van der Waals surface area contributed by atoms with Crippen molar-refractivity contribution in [3.63, 3.8) is 0 Å². The summed E-state index contributed by atoms with van der Waals surface area (Å²) in [5.41, 5.74) is 8.87. The first-order valence-corrected chi connectivity index (χ1v) is 7.40. The number of ether oxygens (including phenoxy) is 1. The molecular formula is C17H20BrNO. The van der Waals surface area contributed by atoms with Gasteiger partial charge in [-0.25, -0.2) is 0 Å². The van der Waals surface area contributed by atoms with Gasteiger partial charge in [0.2, 0.25) is 0 Å². The number of anilines is 1. The van der Waals surface area contributed by atoms with E-state index in [1.54, 1.807) is 0 Å². The second kappa shape index (κ2) is 5.49. The zero-order valence-electron chi connectivity index (χ0n) is 12.3. The van der Waals surface area contributed by atoms with Crippen LogP contribution in [0.3, 0.4) is 0 Å². The zero-order chi connectivity index (χ0) is 14.9. The minimum absolute atomic E-state index is 0.0311.